The van der Waals surface area contributed by atoms with Crippen molar-refractivity contribution in [3.05, 3.63) is 82.9 Å². The van der Waals surface area contributed by atoms with Gasteiger partial charge in [0.2, 0.25) is 0 Å². The van der Waals surface area contributed by atoms with Crippen molar-refractivity contribution < 1.29 is 26.3 Å². The molecule has 1 N–H and O–H groups in total. The molecule has 0 bridgehead atoms. The number of hydrogen-bond acceptors (Lipinski definition) is 1. The predicted molar refractivity (Wildman–Crippen MR) is 106 cm³/mol. The Hall–Kier alpha value is -3.73. The zero-order valence-corrected chi connectivity index (χ0v) is 15.6. The molecule has 4 aromatic rings. The van der Waals surface area contributed by atoms with E-state index in [4.69, 9.17) is 0 Å². The second-order valence-electron chi connectivity index (χ2n) is 6.90. The molecule has 4 rings (SSSR count). The van der Waals surface area contributed by atoms with Crippen LogP contribution in [0.5, 0.6) is 0 Å². The number of alkyl halides is 6. The van der Waals surface area contributed by atoms with Crippen molar-refractivity contribution in [1.29, 1.82) is 5.26 Å². The highest BCUT2D eigenvalue weighted by molar-refractivity contribution is 6.10. The maximum atomic E-state index is 13.2. The lowest BCUT2D eigenvalue weighted by Crippen LogP contribution is -2.11. The minimum Gasteiger partial charge on any atom is -0.354 e. The second kappa shape index (κ2) is 7.20. The van der Waals surface area contributed by atoms with Gasteiger partial charge in [0.1, 0.15) is 0 Å². The molecule has 2 nitrogen and oxygen atoms in total. The van der Waals surface area contributed by atoms with Gasteiger partial charge in [0, 0.05) is 16.3 Å². The molecular formula is C23H12F6N2. The Morgan fingerprint density at radius 2 is 1.42 bits per heavy atom. The number of nitrogens with one attached hydrogen (secondary N) is 1. The van der Waals surface area contributed by atoms with E-state index in [1.807, 2.05) is 30.3 Å². The summed E-state index contributed by atoms with van der Waals surface area (Å²) in [6.45, 7) is 0. The molecule has 3 aromatic carbocycles. The number of halogens is 6. The first-order valence-corrected chi connectivity index (χ1v) is 8.99. The first kappa shape index (κ1) is 20.5. The van der Waals surface area contributed by atoms with E-state index >= 15 is 0 Å². The lowest BCUT2D eigenvalue weighted by molar-refractivity contribution is -0.143. The van der Waals surface area contributed by atoms with E-state index in [0.29, 0.717) is 23.2 Å². The van der Waals surface area contributed by atoms with Crippen molar-refractivity contribution in [3.8, 4) is 6.07 Å². The van der Waals surface area contributed by atoms with Gasteiger partial charge in [-0.05, 0) is 41.5 Å². The molecule has 0 fully saturated rings. The van der Waals surface area contributed by atoms with Crippen LogP contribution in [0.1, 0.15) is 22.3 Å². The van der Waals surface area contributed by atoms with Crippen LogP contribution in [0.4, 0.5) is 26.3 Å². The number of hydrogen-bond donors (Lipinski definition) is 1. The molecule has 0 spiro atoms. The van der Waals surface area contributed by atoms with Crippen LogP contribution in [0.15, 0.2) is 60.7 Å². The van der Waals surface area contributed by atoms with Gasteiger partial charge < -0.3 is 4.98 Å². The summed E-state index contributed by atoms with van der Waals surface area (Å²) in [6, 6.07) is 15.5. The molecular weight excluding hydrogens is 418 g/mol. The van der Waals surface area contributed by atoms with E-state index in [-0.39, 0.29) is 11.6 Å². The van der Waals surface area contributed by atoms with Gasteiger partial charge in [-0.25, -0.2) is 0 Å². The van der Waals surface area contributed by atoms with E-state index < -0.39 is 29.0 Å². The standard InChI is InChI=1S/C23H12F6N2/c24-22(25,26)16-9-14(10-17(11-16)23(27,28)29)15(12-30)8-13-4-3-6-19-18-5-1-2-7-20(18)31-21(13)19/h1-11,31H. The SMILES string of the molecule is N#CC(=Cc1cccc2c1[nH]c1ccccc12)c1cc(C(F)(F)F)cc(C(F)(F)F)c1. The average Bonchev–Trinajstić information content (AvgIpc) is 3.10. The summed E-state index contributed by atoms with van der Waals surface area (Å²) in [4.78, 5) is 3.18. The first-order valence-electron chi connectivity index (χ1n) is 8.99. The molecule has 0 saturated heterocycles. The number of aromatic nitrogens is 1. The fraction of sp³-hybridized carbons (Fsp3) is 0.0870. The number of allylic oxidation sites excluding steroid dienone is 1. The summed E-state index contributed by atoms with van der Waals surface area (Å²) in [5.41, 5.74) is -1.81. The molecule has 1 heterocycles. The fourth-order valence-corrected chi connectivity index (χ4v) is 3.46. The molecule has 31 heavy (non-hydrogen) atoms. The zero-order valence-electron chi connectivity index (χ0n) is 15.6. The third-order valence-electron chi connectivity index (χ3n) is 4.89. The molecule has 1 aromatic heterocycles. The largest absolute Gasteiger partial charge is 0.416 e. The second-order valence-corrected chi connectivity index (χ2v) is 6.90. The average molecular weight is 430 g/mol. The first-order chi connectivity index (χ1) is 14.6. The maximum Gasteiger partial charge on any atom is 0.416 e. The Balaban J connectivity index is 1.93. The zero-order chi connectivity index (χ0) is 22.4. The molecule has 0 aliphatic heterocycles. The summed E-state index contributed by atoms with van der Waals surface area (Å²) >= 11 is 0. The fourth-order valence-electron chi connectivity index (χ4n) is 3.46. The summed E-state index contributed by atoms with van der Waals surface area (Å²) in [5, 5.41) is 11.3. The third-order valence-corrected chi connectivity index (χ3v) is 4.89. The normalized spacial score (nSPS) is 13.0. The molecule has 0 saturated carbocycles. The number of nitriles is 1. The van der Waals surface area contributed by atoms with Crippen LogP contribution in [-0.4, -0.2) is 4.98 Å². The Kier molecular flexibility index (Phi) is 4.77. The molecule has 0 radical (unpaired) electrons. The monoisotopic (exact) mass is 430 g/mol. The number of benzene rings is 3. The molecule has 0 aliphatic carbocycles. The quantitative estimate of drug-likeness (QED) is 0.201. The van der Waals surface area contributed by atoms with Crippen molar-refractivity contribution in [2.24, 2.45) is 0 Å². The highest BCUT2D eigenvalue weighted by atomic mass is 19.4. The van der Waals surface area contributed by atoms with E-state index in [1.165, 1.54) is 6.08 Å². The van der Waals surface area contributed by atoms with Gasteiger partial charge in [0.25, 0.3) is 0 Å². The van der Waals surface area contributed by atoms with Crippen LogP contribution in [0, 0.1) is 11.3 Å². The van der Waals surface area contributed by atoms with Gasteiger partial charge in [-0.2, -0.15) is 31.6 Å². The van der Waals surface area contributed by atoms with Crippen LogP contribution < -0.4 is 0 Å². The van der Waals surface area contributed by atoms with Crippen LogP contribution in [-0.2, 0) is 12.4 Å². The Morgan fingerprint density at radius 1 is 0.806 bits per heavy atom. The van der Waals surface area contributed by atoms with E-state index in [0.717, 1.165) is 16.3 Å². The Labute approximate surface area is 172 Å². The van der Waals surface area contributed by atoms with E-state index in [2.05, 4.69) is 4.98 Å². The Morgan fingerprint density at radius 3 is 2.03 bits per heavy atom. The van der Waals surface area contributed by atoms with Gasteiger partial charge in [0.05, 0.1) is 28.3 Å². The summed E-state index contributed by atoms with van der Waals surface area (Å²) < 4.78 is 79.1. The van der Waals surface area contributed by atoms with Crippen LogP contribution in [0.3, 0.4) is 0 Å². The van der Waals surface area contributed by atoms with Gasteiger partial charge in [0.15, 0.2) is 0 Å². The van der Waals surface area contributed by atoms with Gasteiger partial charge in [-0.3, -0.25) is 0 Å². The van der Waals surface area contributed by atoms with Gasteiger partial charge >= 0.3 is 12.4 Å². The summed E-state index contributed by atoms with van der Waals surface area (Å²) in [7, 11) is 0. The third kappa shape index (κ3) is 3.87. The summed E-state index contributed by atoms with van der Waals surface area (Å²) in [6.07, 6.45) is -8.70. The minimum absolute atomic E-state index is 0.0386. The van der Waals surface area contributed by atoms with E-state index in [1.54, 1.807) is 18.2 Å². The smallest absolute Gasteiger partial charge is 0.354 e. The number of rotatable bonds is 2. The maximum absolute atomic E-state index is 13.2. The molecule has 0 aliphatic rings. The van der Waals surface area contributed by atoms with Crippen LogP contribution in [0.2, 0.25) is 0 Å². The van der Waals surface area contributed by atoms with Gasteiger partial charge in [-0.15, -0.1) is 0 Å². The lowest BCUT2D eigenvalue weighted by Gasteiger charge is -2.14. The van der Waals surface area contributed by atoms with Crippen molar-refractivity contribution >= 4 is 33.5 Å². The number of aromatic amines is 1. The Bertz CT molecular complexity index is 1330. The lowest BCUT2D eigenvalue weighted by atomic mass is 9.97. The summed E-state index contributed by atoms with van der Waals surface area (Å²) in [5.74, 6) is 0. The highest BCUT2D eigenvalue weighted by Gasteiger charge is 2.37. The van der Waals surface area contributed by atoms with Crippen LogP contribution >= 0.6 is 0 Å². The number of para-hydroxylation sites is 2. The van der Waals surface area contributed by atoms with Gasteiger partial charge in [-0.1, -0.05) is 36.4 Å². The topological polar surface area (TPSA) is 39.6 Å². The number of nitrogens with zero attached hydrogens (tertiary/aromatic N) is 1. The van der Waals surface area contributed by atoms with Crippen molar-refractivity contribution in [2.75, 3.05) is 0 Å². The molecule has 0 unspecified atom stereocenters. The van der Waals surface area contributed by atoms with Crippen molar-refractivity contribution in [2.45, 2.75) is 12.4 Å². The van der Waals surface area contributed by atoms with E-state index in [9.17, 15) is 31.6 Å². The van der Waals surface area contributed by atoms with Crippen molar-refractivity contribution in [3.63, 3.8) is 0 Å². The van der Waals surface area contributed by atoms with Crippen molar-refractivity contribution in [1.82, 2.24) is 4.98 Å². The highest BCUT2D eigenvalue weighted by Crippen LogP contribution is 2.38. The molecule has 8 heteroatoms. The molecule has 0 atom stereocenters. The molecule has 156 valence electrons. The van der Waals surface area contributed by atoms with Crippen LogP contribution in [0.25, 0.3) is 33.5 Å². The predicted octanol–water partition coefficient (Wildman–Crippen LogP) is 7.42. The molecule has 0 amide bonds. The number of H-pyrrole nitrogens is 1. The minimum atomic E-state index is -4.99. The number of fused-ring (bicyclic) bond motifs is 3.